The highest BCUT2D eigenvalue weighted by Gasteiger charge is 2.11. The Balaban J connectivity index is 2.80. The summed E-state index contributed by atoms with van der Waals surface area (Å²) >= 11 is 0. The van der Waals surface area contributed by atoms with Crippen LogP contribution in [0.5, 0.6) is 11.5 Å². The standard InChI is InChI=1S/C14H16O4/c1-4-9-17-12-7-5-6-8-13(12)18-14(15)11(2)10-16-3/h4-8,10H,1,9H2,2-3H3. The summed E-state index contributed by atoms with van der Waals surface area (Å²) in [5.41, 5.74) is 0.371. The molecule has 0 aromatic heterocycles. The Kier molecular flexibility index (Phi) is 5.51. The molecule has 0 radical (unpaired) electrons. The van der Waals surface area contributed by atoms with Crippen LogP contribution < -0.4 is 9.47 Å². The average molecular weight is 248 g/mol. The third kappa shape index (κ3) is 3.97. The van der Waals surface area contributed by atoms with E-state index in [2.05, 4.69) is 6.58 Å². The lowest BCUT2D eigenvalue weighted by molar-refractivity contribution is -0.130. The molecule has 0 heterocycles. The highest BCUT2D eigenvalue weighted by Crippen LogP contribution is 2.27. The molecule has 0 N–H and O–H groups in total. The van der Waals surface area contributed by atoms with Gasteiger partial charge in [-0.3, -0.25) is 0 Å². The fourth-order valence-corrected chi connectivity index (χ4v) is 1.21. The Morgan fingerprint density at radius 1 is 1.33 bits per heavy atom. The molecule has 0 saturated carbocycles. The number of ether oxygens (including phenoxy) is 3. The first-order valence-electron chi connectivity index (χ1n) is 5.43. The highest BCUT2D eigenvalue weighted by molar-refractivity contribution is 5.89. The second-order valence-electron chi connectivity index (χ2n) is 3.47. The van der Waals surface area contributed by atoms with Crippen LogP contribution >= 0.6 is 0 Å². The van der Waals surface area contributed by atoms with E-state index in [1.807, 2.05) is 0 Å². The van der Waals surface area contributed by atoms with E-state index in [-0.39, 0.29) is 0 Å². The number of carbonyl (C=O) groups excluding carboxylic acids is 1. The van der Waals surface area contributed by atoms with Crippen molar-refractivity contribution in [3.63, 3.8) is 0 Å². The van der Waals surface area contributed by atoms with Crippen LogP contribution in [-0.2, 0) is 9.53 Å². The highest BCUT2D eigenvalue weighted by atomic mass is 16.6. The lowest BCUT2D eigenvalue weighted by Crippen LogP contribution is -2.10. The summed E-state index contributed by atoms with van der Waals surface area (Å²) in [4.78, 5) is 11.7. The third-order valence-electron chi connectivity index (χ3n) is 2.03. The predicted octanol–water partition coefficient (Wildman–Crippen LogP) is 2.71. The minimum absolute atomic E-state index is 0.349. The first-order chi connectivity index (χ1) is 8.69. The minimum Gasteiger partial charge on any atom is -0.504 e. The molecule has 0 aliphatic rings. The Bertz CT molecular complexity index is 449. The second kappa shape index (κ2) is 7.17. The van der Waals surface area contributed by atoms with E-state index >= 15 is 0 Å². The van der Waals surface area contributed by atoms with Gasteiger partial charge in [-0.1, -0.05) is 24.8 Å². The van der Waals surface area contributed by atoms with Gasteiger partial charge in [0.05, 0.1) is 18.9 Å². The minimum atomic E-state index is -0.480. The smallest absolute Gasteiger partial charge is 0.342 e. The van der Waals surface area contributed by atoms with Gasteiger partial charge in [-0.05, 0) is 19.1 Å². The van der Waals surface area contributed by atoms with Gasteiger partial charge < -0.3 is 14.2 Å². The number of esters is 1. The molecule has 0 bridgehead atoms. The van der Waals surface area contributed by atoms with Crippen LogP contribution in [0.3, 0.4) is 0 Å². The molecule has 0 aliphatic carbocycles. The van der Waals surface area contributed by atoms with Gasteiger partial charge in [0, 0.05) is 0 Å². The molecule has 4 heteroatoms. The zero-order valence-corrected chi connectivity index (χ0v) is 10.5. The van der Waals surface area contributed by atoms with E-state index < -0.39 is 5.97 Å². The summed E-state index contributed by atoms with van der Waals surface area (Å²) in [6.07, 6.45) is 2.95. The first-order valence-corrected chi connectivity index (χ1v) is 5.43. The average Bonchev–Trinajstić information content (AvgIpc) is 2.38. The van der Waals surface area contributed by atoms with Gasteiger partial charge in [0.15, 0.2) is 11.5 Å². The normalized spacial score (nSPS) is 10.7. The molecular weight excluding hydrogens is 232 g/mol. The molecule has 0 spiro atoms. The van der Waals surface area contributed by atoms with Crippen molar-refractivity contribution in [1.82, 2.24) is 0 Å². The van der Waals surface area contributed by atoms with Crippen molar-refractivity contribution in [2.24, 2.45) is 0 Å². The van der Waals surface area contributed by atoms with Gasteiger partial charge in [0.25, 0.3) is 0 Å². The molecule has 0 fully saturated rings. The van der Waals surface area contributed by atoms with Crippen molar-refractivity contribution in [2.45, 2.75) is 6.92 Å². The van der Waals surface area contributed by atoms with Gasteiger partial charge in [-0.2, -0.15) is 0 Å². The summed E-state index contributed by atoms with van der Waals surface area (Å²) in [6.45, 7) is 5.52. The second-order valence-corrected chi connectivity index (χ2v) is 3.47. The molecule has 1 aromatic carbocycles. The number of carbonyl (C=O) groups is 1. The molecule has 0 atom stereocenters. The van der Waals surface area contributed by atoms with Crippen molar-refractivity contribution in [3.05, 3.63) is 48.8 Å². The lowest BCUT2D eigenvalue weighted by Gasteiger charge is -2.10. The van der Waals surface area contributed by atoms with Gasteiger partial charge in [-0.25, -0.2) is 4.79 Å². The molecule has 0 saturated heterocycles. The molecule has 1 aromatic rings. The molecular formula is C14H16O4. The van der Waals surface area contributed by atoms with Crippen molar-refractivity contribution in [3.8, 4) is 11.5 Å². The van der Waals surface area contributed by atoms with Crippen LogP contribution in [0.1, 0.15) is 6.92 Å². The van der Waals surface area contributed by atoms with E-state index in [1.54, 1.807) is 37.3 Å². The predicted molar refractivity (Wildman–Crippen MR) is 68.5 cm³/mol. The molecule has 1 rings (SSSR count). The molecule has 4 nitrogen and oxygen atoms in total. The van der Waals surface area contributed by atoms with Crippen molar-refractivity contribution in [2.75, 3.05) is 13.7 Å². The maximum atomic E-state index is 11.7. The van der Waals surface area contributed by atoms with Crippen molar-refractivity contribution in [1.29, 1.82) is 0 Å². The topological polar surface area (TPSA) is 44.8 Å². The van der Waals surface area contributed by atoms with Crippen molar-refractivity contribution >= 4 is 5.97 Å². The SMILES string of the molecule is C=CCOc1ccccc1OC(=O)C(C)=COC. The number of hydrogen-bond acceptors (Lipinski definition) is 4. The maximum absolute atomic E-state index is 11.7. The van der Waals surface area contributed by atoms with Gasteiger partial charge in [0.2, 0.25) is 0 Å². The van der Waals surface area contributed by atoms with Crippen LogP contribution in [0, 0.1) is 0 Å². The Morgan fingerprint density at radius 3 is 2.61 bits per heavy atom. The third-order valence-corrected chi connectivity index (χ3v) is 2.03. The van der Waals surface area contributed by atoms with Gasteiger partial charge in [0.1, 0.15) is 6.61 Å². The first kappa shape index (κ1) is 13.8. The van der Waals surface area contributed by atoms with E-state index in [0.29, 0.717) is 23.7 Å². The fourth-order valence-electron chi connectivity index (χ4n) is 1.21. The summed E-state index contributed by atoms with van der Waals surface area (Å²) in [5.74, 6) is 0.385. The summed E-state index contributed by atoms with van der Waals surface area (Å²) in [5, 5.41) is 0. The van der Waals surface area contributed by atoms with Crippen molar-refractivity contribution < 1.29 is 19.0 Å². The molecule has 0 aliphatic heterocycles. The van der Waals surface area contributed by atoms with Crippen LogP contribution in [0.25, 0.3) is 0 Å². The van der Waals surface area contributed by atoms with E-state index in [0.717, 1.165) is 0 Å². The van der Waals surface area contributed by atoms with Crippen LogP contribution in [0.4, 0.5) is 0 Å². The summed E-state index contributed by atoms with van der Waals surface area (Å²) < 4.78 is 15.3. The maximum Gasteiger partial charge on any atom is 0.342 e. The van der Waals surface area contributed by atoms with Crippen LogP contribution in [-0.4, -0.2) is 19.7 Å². The largest absolute Gasteiger partial charge is 0.504 e. The monoisotopic (exact) mass is 248 g/mol. The molecule has 0 amide bonds. The number of hydrogen-bond donors (Lipinski definition) is 0. The molecule has 96 valence electrons. The summed E-state index contributed by atoms with van der Waals surface area (Å²) in [6, 6.07) is 6.95. The van der Waals surface area contributed by atoms with Crippen LogP contribution in [0.15, 0.2) is 48.8 Å². The van der Waals surface area contributed by atoms with E-state index in [4.69, 9.17) is 14.2 Å². The Hall–Kier alpha value is -2.23. The zero-order valence-electron chi connectivity index (χ0n) is 10.5. The lowest BCUT2D eigenvalue weighted by atomic mass is 10.3. The fraction of sp³-hybridized carbons (Fsp3) is 0.214. The molecule has 18 heavy (non-hydrogen) atoms. The number of methoxy groups -OCH3 is 1. The van der Waals surface area contributed by atoms with Gasteiger partial charge in [-0.15, -0.1) is 0 Å². The Morgan fingerprint density at radius 2 is 2.00 bits per heavy atom. The summed E-state index contributed by atoms with van der Waals surface area (Å²) in [7, 11) is 1.47. The number of para-hydroxylation sites is 2. The number of rotatable bonds is 6. The Labute approximate surface area is 106 Å². The van der Waals surface area contributed by atoms with E-state index in [9.17, 15) is 4.79 Å². The molecule has 0 unspecified atom stereocenters. The van der Waals surface area contributed by atoms with E-state index in [1.165, 1.54) is 13.4 Å². The zero-order chi connectivity index (χ0) is 13.4. The quantitative estimate of drug-likeness (QED) is 0.255. The van der Waals surface area contributed by atoms with Crippen LogP contribution in [0.2, 0.25) is 0 Å². The number of benzene rings is 1. The van der Waals surface area contributed by atoms with Gasteiger partial charge >= 0.3 is 5.97 Å².